The van der Waals surface area contributed by atoms with Gasteiger partial charge in [0.15, 0.2) is 0 Å². The molecule has 1 unspecified atom stereocenters. The molecule has 24 heavy (non-hydrogen) atoms. The Kier molecular flexibility index (Phi) is 5.05. The van der Waals surface area contributed by atoms with Gasteiger partial charge < -0.3 is 19.1 Å². The monoisotopic (exact) mass is 362 g/mol. The first-order chi connectivity index (χ1) is 11.2. The number of carbonyl (C=O) groups is 1. The highest BCUT2D eigenvalue weighted by Crippen LogP contribution is 2.43. The predicted molar refractivity (Wildman–Crippen MR) is 86.6 cm³/mol. The highest BCUT2D eigenvalue weighted by atomic mass is 32.2. The van der Waals surface area contributed by atoms with Crippen LogP contribution in [0.2, 0.25) is 0 Å². The van der Waals surface area contributed by atoms with Crippen LogP contribution in [0.5, 0.6) is 0 Å². The Hall–Kier alpha value is -1.87. The molecule has 0 saturated heterocycles. The summed E-state index contributed by atoms with van der Waals surface area (Å²) in [6, 6.07) is 4.64. The summed E-state index contributed by atoms with van der Waals surface area (Å²) in [7, 11) is 1.54. The van der Waals surface area contributed by atoms with Gasteiger partial charge in [0.05, 0.1) is 12.1 Å². The lowest BCUT2D eigenvalue weighted by molar-refractivity contribution is -0.267. The Morgan fingerprint density at radius 1 is 1.42 bits per heavy atom. The summed E-state index contributed by atoms with van der Waals surface area (Å²) in [5, 5.41) is 10.4. The number of hydrogen-bond donors (Lipinski definition) is 2. The minimum atomic E-state index is -5.22. The number of anilines is 1. The summed E-state index contributed by atoms with van der Waals surface area (Å²) in [6.45, 7) is 1.10. The summed E-state index contributed by atoms with van der Waals surface area (Å²) in [5.74, 6) is -1.74. The number of aromatic nitrogens is 1. The molecule has 0 aliphatic rings. The number of esters is 1. The van der Waals surface area contributed by atoms with Gasteiger partial charge in [-0.3, -0.25) is 0 Å². The van der Waals surface area contributed by atoms with Gasteiger partial charge in [0.25, 0.3) is 5.60 Å². The zero-order valence-corrected chi connectivity index (χ0v) is 14.1. The maximum absolute atomic E-state index is 13.5. The first-order valence-corrected chi connectivity index (χ1v) is 8.24. The summed E-state index contributed by atoms with van der Waals surface area (Å²) in [5.41, 5.74) is -3.15. The number of ether oxygens (including phenoxy) is 1. The maximum atomic E-state index is 13.5. The highest BCUT2D eigenvalue weighted by molar-refractivity contribution is 7.99. The van der Waals surface area contributed by atoms with Gasteiger partial charge in [-0.2, -0.15) is 13.2 Å². The number of aliphatic hydroxyl groups is 1. The molecule has 0 spiro atoms. The fourth-order valence-corrected chi connectivity index (χ4v) is 2.83. The third-order valence-corrected chi connectivity index (χ3v) is 4.02. The number of benzene rings is 1. The molecular formula is C15H17F3N2O3S. The van der Waals surface area contributed by atoms with Crippen molar-refractivity contribution in [3.63, 3.8) is 0 Å². The van der Waals surface area contributed by atoms with Crippen molar-refractivity contribution in [3.8, 4) is 0 Å². The van der Waals surface area contributed by atoms with Crippen molar-refractivity contribution in [1.82, 2.24) is 4.57 Å². The molecule has 5 nitrogen and oxygen atoms in total. The normalized spacial score (nSPS) is 14.5. The number of carbonyl (C=O) groups excluding carboxylic acids is 1. The standard InChI is InChI=1S/C15H17F3N2O3S/c1-4-23-13(21)14(22,15(16,17)18)11-8-20(2)12-7-9(19-24-3)5-6-10(11)12/h5-8,19,22H,4H2,1-3H3. The van der Waals surface area contributed by atoms with Gasteiger partial charge >= 0.3 is 12.1 Å². The molecule has 0 bridgehead atoms. The fraction of sp³-hybridized carbons (Fsp3) is 0.400. The minimum Gasteiger partial charge on any atom is -0.463 e. The summed E-state index contributed by atoms with van der Waals surface area (Å²) in [4.78, 5) is 11.9. The summed E-state index contributed by atoms with van der Waals surface area (Å²) >= 11 is 1.33. The predicted octanol–water partition coefficient (Wildman–Crippen LogP) is 3.18. The Morgan fingerprint density at radius 3 is 2.62 bits per heavy atom. The van der Waals surface area contributed by atoms with E-state index in [0.717, 1.165) is 6.20 Å². The zero-order chi connectivity index (χ0) is 18.1. The highest BCUT2D eigenvalue weighted by Gasteiger charge is 2.63. The number of rotatable bonds is 5. The summed E-state index contributed by atoms with van der Waals surface area (Å²) < 4.78 is 49.4. The van der Waals surface area contributed by atoms with E-state index in [-0.39, 0.29) is 12.0 Å². The van der Waals surface area contributed by atoms with Crippen LogP contribution in [0.25, 0.3) is 10.9 Å². The van der Waals surface area contributed by atoms with Crippen molar-refractivity contribution >= 4 is 34.5 Å². The van der Waals surface area contributed by atoms with Crippen LogP contribution in [0.4, 0.5) is 18.9 Å². The van der Waals surface area contributed by atoms with E-state index in [0.29, 0.717) is 11.2 Å². The molecule has 0 amide bonds. The second-order valence-electron chi connectivity index (χ2n) is 5.12. The van der Waals surface area contributed by atoms with Crippen LogP contribution in [0.3, 0.4) is 0 Å². The first kappa shape index (κ1) is 18.5. The van der Waals surface area contributed by atoms with Gasteiger partial charge in [0.2, 0.25) is 0 Å². The third kappa shape index (κ3) is 2.93. The average Bonchev–Trinajstić information content (AvgIpc) is 2.83. The molecule has 132 valence electrons. The number of fused-ring (bicyclic) bond motifs is 1. The molecule has 1 heterocycles. The van der Waals surface area contributed by atoms with E-state index in [1.54, 1.807) is 12.1 Å². The lowest BCUT2D eigenvalue weighted by atomic mass is 9.92. The molecule has 0 radical (unpaired) electrons. The van der Waals surface area contributed by atoms with E-state index in [2.05, 4.69) is 9.46 Å². The van der Waals surface area contributed by atoms with Crippen molar-refractivity contribution in [2.45, 2.75) is 18.7 Å². The molecule has 1 aromatic carbocycles. The minimum absolute atomic E-state index is 0.122. The van der Waals surface area contributed by atoms with Crippen LogP contribution in [-0.4, -0.2) is 34.7 Å². The molecular weight excluding hydrogens is 345 g/mol. The van der Waals surface area contributed by atoms with Crippen LogP contribution in [0, 0.1) is 0 Å². The molecule has 0 saturated carbocycles. The van der Waals surface area contributed by atoms with Crippen molar-refractivity contribution < 1.29 is 27.8 Å². The Balaban J connectivity index is 2.69. The molecule has 0 aliphatic carbocycles. The average molecular weight is 362 g/mol. The van der Waals surface area contributed by atoms with Gasteiger partial charge in [-0.15, -0.1) is 0 Å². The number of nitrogens with zero attached hydrogens (tertiary/aromatic N) is 1. The molecule has 2 rings (SSSR count). The number of nitrogens with one attached hydrogen (secondary N) is 1. The van der Waals surface area contributed by atoms with Gasteiger partial charge in [-0.25, -0.2) is 4.79 Å². The molecule has 1 atom stereocenters. The van der Waals surface area contributed by atoms with Gasteiger partial charge in [0, 0.05) is 36.1 Å². The first-order valence-electron chi connectivity index (χ1n) is 7.01. The molecule has 1 aromatic heterocycles. The van der Waals surface area contributed by atoms with Crippen molar-refractivity contribution in [3.05, 3.63) is 30.0 Å². The van der Waals surface area contributed by atoms with Gasteiger partial charge in [-0.05, 0) is 19.1 Å². The third-order valence-electron chi connectivity index (χ3n) is 3.58. The number of alkyl halides is 3. The van der Waals surface area contributed by atoms with E-state index in [9.17, 15) is 23.1 Å². The maximum Gasteiger partial charge on any atom is 0.432 e. The van der Waals surface area contributed by atoms with Crippen molar-refractivity contribution in [1.29, 1.82) is 0 Å². The number of aryl methyl sites for hydroxylation is 1. The number of halogens is 3. The Labute approximate surface area is 140 Å². The molecule has 0 aliphatic heterocycles. The van der Waals surface area contributed by atoms with Crippen LogP contribution in [-0.2, 0) is 22.2 Å². The van der Waals surface area contributed by atoms with Crippen LogP contribution in [0.15, 0.2) is 24.4 Å². The zero-order valence-electron chi connectivity index (χ0n) is 13.3. The summed E-state index contributed by atoms with van der Waals surface area (Å²) in [6.07, 6.45) is -2.31. The lowest BCUT2D eigenvalue weighted by Crippen LogP contribution is -2.50. The molecule has 9 heteroatoms. The molecule has 2 N–H and O–H groups in total. The smallest absolute Gasteiger partial charge is 0.432 e. The molecule has 0 fully saturated rings. The van der Waals surface area contributed by atoms with Gasteiger partial charge in [0.1, 0.15) is 0 Å². The van der Waals surface area contributed by atoms with Crippen LogP contribution >= 0.6 is 11.9 Å². The van der Waals surface area contributed by atoms with Crippen molar-refractivity contribution in [2.75, 3.05) is 17.6 Å². The lowest BCUT2D eigenvalue weighted by Gasteiger charge is -2.27. The van der Waals surface area contributed by atoms with E-state index >= 15 is 0 Å². The van der Waals surface area contributed by atoms with Crippen LogP contribution < -0.4 is 4.72 Å². The quantitative estimate of drug-likeness (QED) is 0.632. The second-order valence-corrected chi connectivity index (χ2v) is 5.73. The van der Waals surface area contributed by atoms with E-state index < -0.39 is 23.3 Å². The van der Waals surface area contributed by atoms with Crippen molar-refractivity contribution in [2.24, 2.45) is 7.05 Å². The van der Waals surface area contributed by atoms with E-state index in [1.165, 1.54) is 36.6 Å². The Bertz CT molecular complexity index is 760. The topological polar surface area (TPSA) is 63.5 Å². The van der Waals surface area contributed by atoms with E-state index in [1.807, 2.05) is 6.26 Å². The molecule has 2 aromatic rings. The van der Waals surface area contributed by atoms with Crippen LogP contribution in [0.1, 0.15) is 12.5 Å². The SMILES string of the molecule is CCOC(=O)C(O)(c1cn(C)c2cc(NSC)ccc12)C(F)(F)F. The van der Waals surface area contributed by atoms with Gasteiger partial charge in [-0.1, -0.05) is 18.0 Å². The largest absolute Gasteiger partial charge is 0.463 e. The second kappa shape index (κ2) is 6.56. The fourth-order valence-electron chi connectivity index (χ4n) is 2.47. The van der Waals surface area contributed by atoms with E-state index in [4.69, 9.17) is 0 Å². The number of hydrogen-bond acceptors (Lipinski definition) is 5. The Morgan fingerprint density at radius 2 is 2.08 bits per heavy atom.